The highest BCUT2D eigenvalue weighted by atomic mass is 32.2. The molecule has 1 aromatic rings. The van der Waals surface area contributed by atoms with E-state index in [-0.39, 0.29) is 10.8 Å². The molecule has 0 aliphatic carbocycles. The second-order valence-electron chi connectivity index (χ2n) is 2.89. The third kappa shape index (κ3) is 3.31. The number of rotatable bonds is 5. The van der Waals surface area contributed by atoms with Gasteiger partial charge in [-0.1, -0.05) is 0 Å². The Balaban J connectivity index is 2.65. The third-order valence-electron chi connectivity index (χ3n) is 1.71. The van der Waals surface area contributed by atoms with Crippen LogP contribution < -0.4 is 4.72 Å². The zero-order chi connectivity index (χ0) is 12.0. The van der Waals surface area contributed by atoms with Crippen LogP contribution in [-0.4, -0.2) is 15.0 Å². The molecule has 0 spiro atoms. The summed E-state index contributed by atoms with van der Waals surface area (Å²) in [6.45, 7) is 0.232. The summed E-state index contributed by atoms with van der Waals surface area (Å²) in [5, 5.41) is 16.9. The van der Waals surface area contributed by atoms with E-state index in [1.807, 2.05) is 12.1 Å². The average molecular weight is 255 g/mol. The first-order chi connectivity index (χ1) is 7.60. The zero-order valence-electron chi connectivity index (χ0n) is 8.30. The standard InChI is InChI=1S/C9H9N3O2S2/c10-5-1-2-6-12-16(13,14)9-4-3-8(7-11)15-9/h3-4,12H,1-2,6H2. The van der Waals surface area contributed by atoms with Crippen molar-refractivity contribution in [1.29, 1.82) is 10.5 Å². The molecule has 0 aliphatic rings. The number of hydrogen-bond donors (Lipinski definition) is 1. The molecule has 7 heteroatoms. The van der Waals surface area contributed by atoms with Gasteiger partial charge in [0.05, 0.1) is 6.07 Å². The van der Waals surface area contributed by atoms with Gasteiger partial charge in [-0.05, 0) is 18.6 Å². The molecule has 1 N–H and O–H groups in total. The first-order valence-corrected chi connectivity index (χ1v) is 6.76. The van der Waals surface area contributed by atoms with Crippen molar-refractivity contribution in [3.8, 4) is 12.1 Å². The van der Waals surface area contributed by atoms with Gasteiger partial charge in [0.2, 0.25) is 10.0 Å². The summed E-state index contributed by atoms with van der Waals surface area (Å²) in [5.74, 6) is 0. The van der Waals surface area contributed by atoms with E-state index in [9.17, 15) is 8.42 Å². The summed E-state index contributed by atoms with van der Waals surface area (Å²) >= 11 is 0.927. The van der Waals surface area contributed by atoms with E-state index in [2.05, 4.69) is 4.72 Å². The molecule has 16 heavy (non-hydrogen) atoms. The van der Waals surface area contributed by atoms with Crippen LogP contribution in [0, 0.1) is 22.7 Å². The number of thiophene rings is 1. The molecule has 1 aromatic heterocycles. The predicted octanol–water partition coefficient (Wildman–Crippen LogP) is 1.20. The smallest absolute Gasteiger partial charge is 0.210 e. The molecule has 0 saturated carbocycles. The predicted molar refractivity (Wildman–Crippen MR) is 59.1 cm³/mol. The van der Waals surface area contributed by atoms with Gasteiger partial charge in [-0.3, -0.25) is 0 Å². The molecule has 0 atom stereocenters. The summed E-state index contributed by atoms with van der Waals surface area (Å²) in [6, 6.07) is 6.68. The Hall–Kier alpha value is -1.41. The van der Waals surface area contributed by atoms with E-state index in [4.69, 9.17) is 10.5 Å². The van der Waals surface area contributed by atoms with Gasteiger partial charge in [0.1, 0.15) is 15.2 Å². The van der Waals surface area contributed by atoms with Crippen molar-refractivity contribution in [3.05, 3.63) is 17.0 Å². The molecule has 0 amide bonds. The van der Waals surface area contributed by atoms with Crippen molar-refractivity contribution in [1.82, 2.24) is 4.72 Å². The molecule has 0 aromatic carbocycles. The number of nitrogens with zero attached hydrogens (tertiary/aromatic N) is 2. The molecular weight excluding hydrogens is 246 g/mol. The molecular formula is C9H9N3O2S2. The molecule has 1 heterocycles. The second-order valence-corrected chi connectivity index (χ2v) is 5.97. The Morgan fingerprint density at radius 1 is 1.38 bits per heavy atom. The van der Waals surface area contributed by atoms with Crippen molar-refractivity contribution in [2.45, 2.75) is 17.1 Å². The zero-order valence-corrected chi connectivity index (χ0v) is 9.94. The molecule has 0 saturated heterocycles. The quantitative estimate of drug-likeness (QED) is 0.800. The van der Waals surface area contributed by atoms with Crippen molar-refractivity contribution < 1.29 is 8.42 Å². The van der Waals surface area contributed by atoms with Crippen molar-refractivity contribution in [3.63, 3.8) is 0 Å². The maximum Gasteiger partial charge on any atom is 0.250 e. The summed E-state index contributed by atoms with van der Waals surface area (Å²) in [4.78, 5) is 0.359. The molecule has 0 radical (unpaired) electrons. The minimum Gasteiger partial charge on any atom is -0.210 e. The van der Waals surface area contributed by atoms with Gasteiger partial charge >= 0.3 is 0 Å². The van der Waals surface area contributed by atoms with Gasteiger partial charge in [0, 0.05) is 13.0 Å². The summed E-state index contributed by atoms with van der Waals surface area (Å²) < 4.78 is 25.8. The third-order valence-corrected chi connectivity index (χ3v) is 4.66. The van der Waals surface area contributed by atoms with Gasteiger partial charge in [0.25, 0.3) is 0 Å². The van der Waals surface area contributed by atoms with E-state index in [1.165, 1.54) is 12.1 Å². The highest BCUT2D eigenvalue weighted by molar-refractivity contribution is 7.91. The van der Waals surface area contributed by atoms with E-state index in [0.717, 1.165) is 11.3 Å². The fourth-order valence-electron chi connectivity index (χ4n) is 0.970. The lowest BCUT2D eigenvalue weighted by Crippen LogP contribution is -2.23. The maximum atomic E-state index is 11.6. The van der Waals surface area contributed by atoms with Crippen LogP contribution in [0.3, 0.4) is 0 Å². The molecule has 1 rings (SSSR count). The van der Waals surface area contributed by atoms with Crippen molar-refractivity contribution in [2.24, 2.45) is 0 Å². The summed E-state index contributed by atoms with van der Waals surface area (Å²) in [6.07, 6.45) is 0.794. The Morgan fingerprint density at radius 2 is 2.12 bits per heavy atom. The minimum atomic E-state index is -3.52. The van der Waals surface area contributed by atoms with Gasteiger partial charge in [-0.15, -0.1) is 11.3 Å². The van der Waals surface area contributed by atoms with Crippen molar-refractivity contribution >= 4 is 21.4 Å². The largest absolute Gasteiger partial charge is 0.250 e. The van der Waals surface area contributed by atoms with Crippen LogP contribution in [0.4, 0.5) is 0 Å². The second kappa shape index (κ2) is 5.61. The minimum absolute atomic E-state index is 0.126. The number of unbranched alkanes of at least 4 members (excludes halogenated alkanes) is 1. The Bertz CT molecular complexity index is 534. The van der Waals surface area contributed by atoms with Crippen LogP contribution in [0.2, 0.25) is 0 Å². The Kier molecular flexibility index (Phi) is 4.44. The first kappa shape index (κ1) is 12.7. The Morgan fingerprint density at radius 3 is 2.69 bits per heavy atom. The van der Waals surface area contributed by atoms with Gasteiger partial charge in [-0.2, -0.15) is 10.5 Å². The normalized spacial score (nSPS) is 10.6. The highest BCUT2D eigenvalue weighted by Gasteiger charge is 2.15. The van der Waals surface area contributed by atoms with Crippen LogP contribution in [0.15, 0.2) is 16.3 Å². The van der Waals surface area contributed by atoms with Crippen LogP contribution in [0.5, 0.6) is 0 Å². The number of hydrogen-bond acceptors (Lipinski definition) is 5. The average Bonchev–Trinajstić information content (AvgIpc) is 2.73. The van der Waals surface area contributed by atoms with Gasteiger partial charge in [-0.25, -0.2) is 13.1 Å². The van der Waals surface area contributed by atoms with E-state index in [0.29, 0.717) is 17.7 Å². The number of nitriles is 2. The summed E-state index contributed by atoms with van der Waals surface area (Å²) in [5.41, 5.74) is 0. The lowest BCUT2D eigenvalue weighted by molar-refractivity contribution is 0.581. The molecule has 5 nitrogen and oxygen atoms in total. The van der Waals surface area contributed by atoms with Crippen LogP contribution in [-0.2, 0) is 10.0 Å². The SMILES string of the molecule is N#CCCCNS(=O)(=O)c1ccc(C#N)s1. The fraction of sp³-hybridized carbons (Fsp3) is 0.333. The maximum absolute atomic E-state index is 11.6. The summed E-state index contributed by atoms with van der Waals surface area (Å²) in [7, 11) is -3.52. The lowest BCUT2D eigenvalue weighted by Gasteiger charge is -2.01. The first-order valence-electron chi connectivity index (χ1n) is 4.46. The fourth-order valence-corrected chi connectivity index (χ4v) is 3.19. The van der Waals surface area contributed by atoms with E-state index in [1.54, 1.807) is 0 Å². The molecule has 0 unspecified atom stereocenters. The number of sulfonamides is 1. The molecule has 0 aliphatic heterocycles. The lowest BCUT2D eigenvalue weighted by atomic mass is 10.3. The van der Waals surface area contributed by atoms with Gasteiger partial charge < -0.3 is 0 Å². The Labute approximate surface area is 98.0 Å². The highest BCUT2D eigenvalue weighted by Crippen LogP contribution is 2.20. The van der Waals surface area contributed by atoms with E-state index >= 15 is 0 Å². The van der Waals surface area contributed by atoms with E-state index < -0.39 is 10.0 Å². The van der Waals surface area contributed by atoms with Crippen LogP contribution in [0.25, 0.3) is 0 Å². The molecule has 0 fully saturated rings. The van der Waals surface area contributed by atoms with Crippen LogP contribution in [0.1, 0.15) is 17.7 Å². The molecule has 84 valence electrons. The topological polar surface area (TPSA) is 93.8 Å². The van der Waals surface area contributed by atoms with Crippen molar-refractivity contribution in [2.75, 3.05) is 6.54 Å². The molecule has 0 bridgehead atoms. The monoisotopic (exact) mass is 255 g/mol. The van der Waals surface area contributed by atoms with Gasteiger partial charge in [0.15, 0.2) is 0 Å². The number of nitrogens with one attached hydrogen (secondary N) is 1. The van der Waals surface area contributed by atoms with Crippen LogP contribution >= 0.6 is 11.3 Å².